The molecule has 1 N–H and O–H groups in total. The molecule has 0 saturated carbocycles. The number of hydrogen-bond donors (Lipinski definition) is 1. The summed E-state index contributed by atoms with van der Waals surface area (Å²) < 4.78 is 20.3. The van der Waals surface area contributed by atoms with Crippen LogP contribution in [0.3, 0.4) is 0 Å². The van der Waals surface area contributed by atoms with Gasteiger partial charge in [-0.1, -0.05) is 43.1 Å². The van der Waals surface area contributed by atoms with Crippen LogP contribution in [0.4, 0.5) is 4.39 Å². The van der Waals surface area contributed by atoms with Gasteiger partial charge >= 0.3 is 0 Å². The smallest absolute Gasteiger partial charge is 0.260 e. The molecule has 7 heteroatoms. The lowest BCUT2D eigenvalue weighted by Gasteiger charge is -2.16. The lowest BCUT2D eigenvalue weighted by molar-refractivity contribution is -0.131. The third-order valence-electron chi connectivity index (χ3n) is 4.56. The summed E-state index contributed by atoms with van der Waals surface area (Å²) in [5, 5.41) is 10.6. The quantitative estimate of drug-likeness (QED) is 0.642. The van der Waals surface area contributed by atoms with Gasteiger partial charge < -0.3 is 14.7 Å². The molecule has 0 saturated heterocycles. The molecule has 1 amide bonds. The molecule has 0 heterocycles. The molecule has 28 heavy (non-hydrogen) atoms. The van der Waals surface area contributed by atoms with E-state index in [9.17, 15) is 14.3 Å². The molecule has 0 atom stereocenters. The van der Waals surface area contributed by atoms with Crippen molar-refractivity contribution in [3.8, 4) is 11.5 Å². The van der Waals surface area contributed by atoms with Crippen LogP contribution in [0.1, 0.15) is 43.4 Å². The molecule has 0 fully saturated rings. The number of ether oxygens (including phenoxy) is 1. The second-order valence-corrected chi connectivity index (χ2v) is 7.68. The summed E-state index contributed by atoms with van der Waals surface area (Å²) in [7, 11) is 1.69. The number of nitrogens with zero attached hydrogens (tertiary/aromatic N) is 1. The lowest BCUT2D eigenvalue weighted by Crippen LogP contribution is -2.31. The number of rotatable bonds is 7. The fraction of sp³-hybridized carbons (Fsp3) is 0.381. The van der Waals surface area contributed by atoms with Gasteiger partial charge in [0.15, 0.2) is 6.61 Å². The summed E-state index contributed by atoms with van der Waals surface area (Å²) in [6.45, 7) is 5.95. The second-order valence-electron chi connectivity index (χ2n) is 6.87. The predicted octanol–water partition coefficient (Wildman–Crippen LogP) is 5.41. The molecule has 0 bridgehead atoms. The highest BCUT2D eigenvalue weighted by molar-refractivity contribution is 6.36. The van der Waals surface area contributed by atoms with Crippen LogP contribution in [0, 0.1) is 5.82 Å². The van der Waals surface area contributed by atoms with Crippen LogP contribution in [0.25, 0.3) is 0 Å². The van der Waals surface area contributed by atoms with E-state index in [2.05, 4.69) is 0 Å². The van der Waals surface area contributed by atoms with E-state index >= 15 is 0 Å². The van der Waals surface area contributed by atoms with Gasteiger partial charge in [0, 0.05) is 35.6 Å². The number of aromatic hydroxyl groups is 1. The number of benzene rings is 2. The molecule has 0 aromatic heterocycles. The minimum atomic E-state index is -0.462. The first-order valence-electron chi connectivity index (χ1n) is 9.00. The van der Waals surface area contributed by atoms with Crippen molar-refractivity contribution < 1.29 is 19.0 Å². The third kappa shape index (κ3) is 5.09. The largest absolute Gasteiger partial charge is 0.508 e. The Morgan fingerprint density at radius 2 is 1.86 bits per heavy atom. The van der Waals surface area contributed by atoms with Crippen molar-refractivity contribution in [1.29, 1.82) is 0 Å². The Labute approximate surface area is 174 Å². The van der Waals surface area contributed by atoms with Crippen LogP contribution in [0.15, 0.2) is 24.3 Å². The van der Waals surface area contributed by atoms with Crippen molar-refractivity contribution in [3.63, 3.8) is 0 Å². The minimum absolute atomic E-state index is 0.0705. The number of carbonyl (C=O) groups excluding carboxylic acids is 1. The van der Waals surface area contributed by atoms with Crippen LogP contribution >= 0.6 is 23.2 Å². The third-order valence-corrected chi connectivity index (χ3v) is 5.23. The summed E-state index contributed by atoms with van der Waals surface area (Å²) in [6.07, 6.45) is 0.168. The topological polar surface area (TPSA) is 49.8 Å². The van der Waals surface area contributed by atoms with Gasteiger partial charge in [0.25, 0.3) is 5.91 Å². The van der Waals surface area contributed by atoms with E-state index in [0.29, 0.717) is 33.5 Å². The summed E-state index contributed by atoms with van der Waals surface area (Å²) in [4.78, 5) is 13.4. The highest BCUT2D eigenvalue weighted by atomic mass is 35.5. The zero-order chi connectivity index (χ0) is 21.0. The average molecular weight is 428 g/mol. The highest BCUT2D eigenvalue weighted by Crippen LogP contribution is 2.35. The van der Waals surface area contributed by atoms with Crippen molar-refractivity contribution in [2.24, 2.45) is 0 Å². The minimum Gasteiger partial charge on any atom is -0.508 e. The average Bonchev–Trinajstić information content (AvgIpc) is 2.63. The summed E-state index contributed by atoms with van der Waals surface area (Å²) in [5.74, 6) is -0.494. The fourth-order valence-corrected chi connectivity index (χ4v) is 3.37. The van der Waals surface area contributed by atoms with Crippen molar-refractivity contribution in [2.45, 2.75) is 33.1 Å². The maximum atomic E-state index is 14.8. The molecule has 2 aromatic rings. The molecule has 0 aliphatic carbocycles. The standard InChI is InChI=1S/C21H24Cl2FNO3/c1-5-25(4)19(27)11-28-14-9-16(22)15(17(23)10-14)8-13-6-7-18(26)20(12(2)3)21(13)24/h6-7,9-10,12,26H,5,8,11H2,1-4H3. The molecule has 2 aromatic carbocycles. The van der Waals surface area contributed by atoms with E-state index in [1.807, 2.05) is 20.8 Å². The Balaban J connectivity index is 2.25. The van der Waals surface area contributed by atoms with Gasteiger partial charge in [-0.15, -0.1) is 0 Å². The molecule has 152 valence electrons. The van der Waals surface area contributed by atoms with Crippen molar-refractivity contribution in [1.82, 2.24) is 4.90 Å². The Kier molecular flexibility index (Phi) is 7.55. The number of hydrogen-bond acceptors (Lipinski definition) is 3. The Bertz CT molecular complexity index is 848. The number of carbonyl (C=O) groups is 1. The van der Waals surface area contributed by atoms with E-state index in [0.717, 1.165) is 0 Å². The number of phenolic OH excluding ortho intramolecular Hbond substituents is 1. The monoisotopic (exact) mass is 427 g/mol. The Morgan fingerprint density at radius 1 is 1.25 bits per heavy atom. The highest BCUT2D eigenvalue weighted by Gasteiger charge is 2.19. The summed E-state index contributed by atoms with van der Waals surface area (Å²) in [6, 6.07) is 6.11. The first kappa shape index (κ1) is 22.3. The van der Waals surface area contributed by atoms with Gasteiger partial charge in [0.2, 0.25) is 0 Å². The van der Waals surface area contributed by atoms with E-state index in [1.54, 1.807) is 19.2 Å². The Hall–Kier alpha value is -1.98. The van der Waals surface area contributed by atoms with E-state index in [1.165, 1.54) is 17.0 Å². The molecule has 0 aliphatic rings. The maximum Gasteiger partial charge on any atom is 0.260 e. The van der Waals surface area contributed by atoms with E-state index in [4.69, 9.17) is 27.9 Å². The fourth-order valence-electron chi connectivity index (χ4n) is 2.77. The zero-order valence-corrected chi connectivity index (χ0v) is 17.9. The SMILES string of the molecule is CCN(C)C(=O)COc1cc(Cl)c(Cc2ccc(O)c(C(C)C)c2F)c(Cl)c1. The summed E-state index contributed by atoms with van der Waals surface area (Å²) in [5.41, 5.74) is 1.20. The van der Waals surface area contributed by atoms with Gasteiger partial charge in [0.1, 0.15) is 17.3 Å². The molecule has 0 radical (unpaired) electrons. The van der Waals surface area contributed by atoms with Crippen LogP contribution in [0.2, 0.25) is 10.0 Å². The molecule has 0 unspecified atom stereocenters. The predicted molar refractivity (Wildman–Crippen MR) is 110 cm³/mol. The lowest BCUT2D eigenvalue weighted by atomic mass is 9.95. The van der Waals surface area contributed by atoms with E-state index < -0.39 is 5.82 Å². The van der Waals surface area contributed by atoms with Gasteiger partial charge in [-0.2, -0.15) is 0 Å². The zero-order valence-electron chi connectivity index (χ0n) is 16.4. The normalized spacial score (nSPS) is 11.0. The molecule has 2 rings (SSSR count). The number of halogens is 3. The van der Waals surface area contributed by atoms with Gasteiger partial charge in [-0.25, -0.2) is 4.39 Å². The number of phenols is 1. The molecular weight excluding hydrogens is 404 g/mol. The Morgan fingerprint density at radius 3 is 2.39 bits per heavy atom. The van der Waals surface area contributed by atoms with Crippen LogP contribution in [-0.4, -0.2) is 36.1 Å². The van der Waals surface area contributed by atoms with Gasteiger partial charge in [-0.3, -0.25) is 4.79 Å². The van der Waals surface area contributed by atoms with Crippen LogP contribution < -0.4 is 4.74 Å². The van der Waals surface area contributed by atoms with Gasteiger partial charge in [-0.05, 0) is 42.2 Å². The maximum absolute atomic E-state index is 14.8. The summed E-state index contributed by atoms with van der Waals surface area (Å²) >= 11 is 12.7. The number of amides is 1. The first-order chi connectivity index (χ1) is 13.1. The van der Waals surface area contributed by atoms with Crippen LogP contribution in [0.5, 0.6) is 11.5 Å². The van der Waals surface area contributed by atoms with Gasteiger partial charge in [0.05, 0.1) is 0 Å². The molecule has 4 nitrogen and oxygen atoms in total. The van der Waals surface area contributed by atoms with E-state index in [-0.39, 0.29) is 36.2 Å². The van der Waals surface area contributed by atoms with Crippen molar-refractivity contribution in [3.05, 3.63) is 56.8 Å². The molecule has 0 aliphatic heterocycles. The second kappa shape index (κ2) is 9.48. The van der Waals surface area contributed by atoms with Crippen LogP contribution in [-0.2, 0) is 11.2 Å². The molecular formula is C21H24Cl2FNO3. The van der Waals surface area contributed by atoms with Crippen molar-refractivity contribution in [2.75, 3.05) is 20.2 Å². The first-order valence-corrected chi connectivity index (χ1v) is 9.76. The van der Waals surface area contributed by atoms with Crippen molar-refractivity contribution >= 4 is 29.1 Å². The molecule has 0 spiro atoms. The number of likely N-dealkylation sites (N-methyl/N-ethyl adjacent to an activating group) is 1.